The van der Waals surface area contributed by atoms with Crippen LogP contribution in [0.4, 0.5) is 4.79 Å². The smallest absolute Gasteiger partial charge is 0.410 e. The molecule has 5 heteroatoms. The van der Waals surface area contributed by atoms with Crippen molar-refractivity contribution in [2.75, 3.05) is 6.54 Å². The molecule has 21 heavy (non-hydrogen) atoms. The van der Waals surface area contributed by atoms with Gasteiger partial charge >= 0.3 is 6.09 Å². The number of hydrogen-bond donors (Lipinski definition) is 1. The van der Waals surface area contributed by atoms with Gasteiger partial charge in [0.2, 0.25) is 0 Å². The quantitative estimate of drug-likeness (QED) is 0.846. The van der Waals surface area contributed by atoms with E-state index in [1.165, 1.54) is 4.90 Å². The molecule has 1 N–H and O–H groups in total. The standard InChI is InChI=1S/C16H23NO4/c1-5-17(15(20)21-16(2,3)4)14(9-10-18)12-7-6-8-13(19)11-12/h6-8,10-11,14,19H,5,9H2,1-4H3. The lowest BCUT2D eigenvalue weighted by Crippen LogP contribution is -2.39. The SMILES string of the molecule is CCN(C(=O)OC(C)(C)C)C(CC=O)c1cccc(O)c1. The normalized spacial score (nSPS) is 12.6. The number of phenolic OH excluding ortho intramolecular Hbond substituents is 1. The fraction of sp³-hybridized carbons (Fsp3) is 0.500. The molecular weight excluding hydrogens is 270 g/mol. The Balaban J connectivity index is 3.06. The maximum absolute atomic E-state index is 12.3. The summed E-state index contributed by atoms with van der Waals surface area (Å²) in [6, 6.07) is 6.12. The second-order valence-corrected chi connectivity index (χ2v) is 5.78. The van der Waals surface area contributed by atoms with Crippen molar-refractivity contribution in [3.63, 3.8) is 0 Å². The highest BCUT2D eigenvalue weighted by molar-refractivity contribution is 5.69. The second-order valence-electron chi connectivity index (χ2n) is 5.78. The molecule has 0 heterocycles. The molecule has 0 aliphatic rings. The number of benzene rings is 1. The second kappa shape index (κ2) is 7.11. The van der Waals surface area contributed by atoms with Crippen LogP contribution in [-0.4, -0.2) is 34.5 Å². The number of nitrogens with zero attached hydrogens (tertiary/aromatic N) is 1. The van der Waals surface area contributed by atoms with Gasteiger partial charge in [0.05, 0.1) is 6.04 Å². The summed E-state index contributed by atoms with van der Waals surface area (Å²) in [5, 5.41) is 9.59. The zero-order chi connectivity index (χ0) is 16.0. The van der Waals surface area contributed by atoms with E-state index in [1.54, 1.807) is 45.0 Å². The van der Waals surface area contributed by atoms with E-state index in [2.05, 4.69) is 0 Å². The first-order chi connectivity index (χ1) is 9.78. The van der Waals surface area contributed by atoms with Gasteiger partial charge in [0, 0.05) is 13.0 Å². The Hall–Kier alpha value is -2.04. The monoisotopic (exact) mass is 293 g/mol. The number of carbonyl (C=O) groups is 2. The maximum Gasteiger partial charge on any atom is 0.410 e. The number of amides is 1. The van der Waals surface area contributed by atoms with Gasteiger partial charge in [0.25, 0.3) is 0 Å². The van der Waals surface area contributed by atoms with Gasteiger partial charge in [-0.25, -0.2) is 4.79 Å². The molecule has 0 radical (unpaired) electrons. The van der Waals surface area contributed by atoms with Crippen LogP contribution < -0.4 is 0 Å². The van der Waals surface area contributed by atoms with E-state index in [1.807, 2.05) is 6.92 Å². The van der Waals surface area contributed by atoms with Crippen LogP contribution in [0.3, 0.4) is 0 Å². The molecule has 0 bridgehead atoms. The number of aldehydes is 1. The number of rotatable bonds is 5. The van der Waals surface area contributed by atoms with E-state index in [4.69, 9.17) is 4.74 Å². The fourth-order valence-corrected chi connectivity index (χ4v) is 2.06. The van der Waals surface area contributed by atoms with Crippen molar-refractivity contribution in [1.82, 2.24) is 4.90 Å². The Morgan fingerprint density at radius 2 is 2.10 bits per heavy atom. The highest BCUT2D eigenvalue weighted by Gasteiger charge is 2.28. The van der Waals surface area contributed by atoms with E-state index in [0.717, 1.165) is 6.29 Å². The number of hydrogen-bond acceptors (Lipinski definition) is 4. The van der Waals surface area contributed by atoms with Crippen molar-refractivity contribution in [3.8, 4) is 5.75 Å². The summed E-state index contributed by atoms with van der Waals surface area (Å²) in [5.74, 6) is 0.101. The van der Waals surface area contributed by atoms with Crippen molar-refractivity contribution in [1.29, 1.82) is 0 Å². The van der Waals surface area contributed by atoms with Gasteiger partial charge < -0.3 is 19.5 Å². The van der Waals surface area contributed by atoms with Gasteiger partial charge in [0.1, 0.15) is 17.6 Å². The predicted octanol–water partition coefficient (Wildman–Crippen LogP) is 3.28. The van der Waals surface area contributed by atoms with E-state index in [0.29, 0.717) is 12.1 Å². The molecule has 0 saturated carbocycles. The van der Waals surface area contributed by atoms with Crippen molar-refractivity contribution in [3.05, 3.63) is 29.8 Å². The molecule has 0 aliphatic heterocycles. The van der Waals surface area contributed by atoms with Gasteiger partial charge in [-0.2, -0.15) is 0 Å². The Morgan fingerprint density at radius 1 is 1.43 bits per heavy atom. The fourth-order valence-electron chi connectivity index (χ4n) is 2.06. The zero-order valence-corrected chi connectivity index (χ0v) is 13.0. The summed E-state index contributed by atoms with van der Waals surface area (Å²) >= 11 is 0. The van der Waals surface area contributed by atoms with Gasteiger partial charge in [0.15, 0.2) is 0 Å². The molecule has 1 atom stereocenters. The minimum absolute atomic E-state index is 0.101. The van der Waals surface area contributed by atoms with Gasteiger partial charge in [-0.15, -0.1) is 0 Å². The number of carbonyl (C=O) groups excluding carboxylic acids is 2. The van der Waals surface area contributed by atoms with Crippen LogP contribution in [0.1, 0.15) is 45.7 Å². The topological polar surface area (TPSA) is 66.8 Å². The summed E-state index contributed by atoms with van der Waals surface area (Å²) in [4.78, 5) is 24.7. The lowest BCUT2D eigenvalue weighted by molar-refractivity contribution is -0.108. The van der Waals surface area contributed by atoms with Crippen LogP contribution in [0, 0.1) is 0 Å². The molecule has 1 aromatic rings. The average Bonchev–Trinajstić information content (AvgIpc) is 2.36. The van der Waals surface area contributed by atoms with E-state index < -0.39 is 17.7 Å². The molecule has 1 rings (SSSR count). The van der Waals surface area contributed by atoms with E-state index in [9.17, 15) is 14.7 Å². The van der Waals surface area contributed by atoms with Crippen LogP contribution in [-0.2, 0) is 9.53 Å². The Labute approximate surface area is 125 Å². The number of ether oxygens (including phenoxy) is 1. The van der Waals surface area contributed by atoms with Crippen molar-refractivity contribution in [2.24, 2.45) is 0 Å². The van der Waals surface area contributed by atoms with Crippen LogP contribution in [0.2, 0.25) is 0 Å². The minimum atomic E-state index is -0.602. The third kappa shape index (κ3) is 5.10. The summed E-state index contributed by atoms with van der Waals surface area (Å²) in [7, 11) is 0. The first-order valence-electron chi connectivity index (χ1n) is 7.00. The first-order valence-corrected chi connectivity index (χ1v) is 7.00. The molecule has 1 unspecified atom stereocenters. The maximum atomic E-state index is 12.3. The molecular formula is C16H23NO4. The summed E-state index contributed by atoms with van der Waals surface area (Å²) in [6.07, 6.45) is 0.443. The molecule has 5 nitrogen and oxygen atoms in total. The van der Waals surface area contributed by atoms with Crippen LogP contribution in [0.15, 0.2) is 24.3 Å². The molecule has 1 aromatic carbocycles. The van der Waals surface area contributed by atoms with Crippen molar-refractivity contribution < 1.29 is 19.4 Å². The van der Waals surface area contributed by atoms with Gasteiger partial charge in [-0.1, -0.05) is 12.1 Å². The highest BCUT2D eigenvalue weighted by Crippen LogP contribution is 2.27. The van der Waals surface area contributed by atoms with Crippen LogP contribution in [0.25, 0.3) is 0 Å². The van der Waals surface area contributed by atoms with Crippen LogP contribution >= 0.6 is 0 Å². The highest BCUT2D eigenvalue weighted by atomic mass is 16.6. The zero-order valence-electron chi connectivity index (χ0n) is 13.0. The summed E-state index contributed by atoms with van der Waals surface area (Å²) < 4.78 is 5.38. The molecule has 0 aromatic heterocycles. The minimum Gasteiger partial charge on any atom is -0.508 e. The van der Waals surface area contributed by atoms with Crippen molar-refractivity contribution in [2.45, 2.75) is 45.8 Å². The Kier molecular flexibility index (Phi) is 5.76. The average molecular weight is 293 g/mol. The third-order valence-corrected chi connectivity index (χ3v) is 2.92. The number of phenols is 1. The Bertz CT molecular complexity index is 493. The van der Waals surface area contributed by atoms with Crippen LogP contribution in [0.5, 0.6) is 5.75 Å². The third-order valence-electron chi connectivity index (χ3n) is 2.92. The first kappa shape index (κ1) is 17.0. The Morgan fingerprint density at radius 3 is 2.57 bits per heavy atom. The summed E-state index contributed by atoms with van der Waals surface area (Å²) in [6.45, 7) is 7.61. The van der Waals surface area contributed by atoms with Crippen molar-refractivity contribution >= 4 is 12.4 Å². The van der Waals surface area contributed by atoms with E-state index >= 15 is 0 Å². The molecule has 0 fully saturated rings. The lowest BCUT2D eigenvalue weighted by atomic mass is 10.0. The van der Waals surface area contributed by atoms with E-state index in [-0.39, 0.29) is 12.2 Å². The predicted molar refractivity (Wildman–Crippen MR) is 80.1 cm³/mol. The lowest BCUT2D eigenvalue weighted by Gasteiger charge is -2.32. The number of aromatic hydroxyl groups is 1. The molecule has 0 saturated heterocycles. The van der Waals surface area contributed by atoms with Gasteiger partial charge in [-0.3, -0.25) is 0 Å². The molecule has 0 spiro atoms. The van der Waals surface area contributed by atoms with Gasteiger partial charge in [-0.05, 0) is 45.4 Å². The largest absolute Gasteiger partial charge is 0.508 e. The summed E-state index contributed by atoms with van der Waals surface area (Å²) in [5.41, 5.74) is 0.101. The molecule has 0 aliphatic carbocycles. The molecule has 1 amide bonds. The molecule has 116 valence electrons.